The molecule has 0 radical (unpaired) electrons. The van der Waals surface area contributed by atoms with Crippen molar-refractivity contribution in [3.8, 4) is 0 Å². The van der Waals surface area contributed by atoms with Crippen molar-refractivity contribution in [3.05, 3.63) is 78.2 Å². The van der Waals surface area contributed by atoms with Gasteiger partial charge in [0, 0.05) is 42.7 Å². The number of nitrogens with one attached hydrogen (secondary N) is 2. The van der Waals surface area contributed by atoms with E-state index in [2.05, 4.69) is 63.8 Å². The molecule has 0 atom stereocenters. The summed E-state index contributed by atoms with van der Waals surface area (Å²) in [5.74, 6) is 2.23. The van der Waals surface area contributed by atoms with E-state index < -0.39 is 0 Å². The number of pyridine rings is 1. The van der Waals surface area contributed by atoms with E-state index in [1.165, 1.54) is 5.56 Å². The largest absolute Gasteiger partial charge is 0.370 e. The lowest BCUT2D eigenvalue weighted by molar-refractivity contribution is 0.686. The van der Waals surface area contributed by atoms with Crippen molar-refractivity contribution in [1.29, 1.82) is 0 Å². The molecule has 0 aliphatic carbocycles. The molecule has 28 heavy (non-hydrogen) atoms. The number of fused-ring (bicyclic) bond motifs is 1. The van der Waals surface area contributed by atoms with Crippen LogP contribution in [0.3, 0.4) is 0 Å². The second kappa shape index (κ2) is 8.08. The van der Waals surface area contributed by atoms with Crippen LogP contribution in [0.15, 0.2) is 67.1 Å². The Morgan fingerprint density at radius 2 is 1.86 bits per heavy atom. The minimum Gasteiger partial charge on any atom is -0.370 e. The first-order valence-corrected chi connectivity index (χ1v) is 9.52. The Labute approximate surface area is 164 Å². The van der Waals surface area contributed by atoms with Gasteiger partial charge in [0.2, 0.25) is 0 Å². The highest BCUT2D eigenvalue weighted by molar-refractivity contribution is 5.68. The van der Waals surface area contributed by atoms with Gasteiger partial charge in [-0.05, 0) is 23.6 Å². The predicted octanol–water partition coefficient (Wildman–Crippen LogP) is 4.53. The standard InChI is InChI=1S/C22H24N6/c1-16(2)15-24-22-18(14-17-6-4-3-5-7-17)19(8-11-23-22)26-20-10-13-28-21(27-20)9-12-25-28/h3-13,16H,14-15H2,1-2H3,(H2,23,24,26,27). The van der Waals surface area contributed by atoms with Gasteiger partial charge in [0.15, 0.2) is 5.65 Å². The topological polar surface area (TPSA) is 67.1 Å². The minimum atomic E-state index is 0.536. The minimum absolute atomic E-state index is 0.536. The SMILES string of the molecule is CC(C)CNc1nccc(Nc2ccn3nccc3n2)c1Cc1ccccc1. The molecule has 6 heteroatoms. The van der Waals surface area contributed by atoms with E-state index in [9.17, 15) is 0 Å². The summed E-state index contributed by atoms with van der Waals surface area (Å²) in [5.41, 5.74) is 4.18. The molecule has 2 N–H and O–H groups in total. The Balaban J connectivity index is 1.68. The predicted molar refractivity (Wildman–Crippen MR) is 113 cm³/mol. The monoisotopic (exact) mass is 372 g/mol. The molecule has 0 unspecified atom stereocenters. The lowest BCUT2D eigenvalue weighted by Crippen LogP contribution is -2.12. The maximum absolute atomic E-state index is 4.63. The summed E-state index contributed by atoms with van der Waals surface area (Å²) in [6.45, 7) is 5.26. The normalized spacial score (nSPS) is 11.1. The molecule has 0 bridgehead atoms. The summed E-state index contributed by atoms with van der Waals surface area (Å²) in [6, 6.07) is 16.3. The molecule has 3 aromatic heterocycles. The first-order valence-electron chi connectivity index (χ1n) is 9.52. The fourth-order valence-corrected chi connectivity index (χ4v) is 3.06. The Morgan fingerprint density at radius 1 is 1.00 bits per heavy atom. The fraction of sp³-hybridized carbons (Fsp3) is 0.227. The van der Waals surface area contributed by atoms with E-state index >= 15 is 0 Å². The van der Waals surface area contributed by atoms with Crippen molar-refractivity contribution in [2.45, 2.75) is 20.3 Å². The smallest absolute Gasteiger partial charge is 0.157 e. The molecule has 4 rings (SSSR count). The maximum atomic E-state index is 4.63. The van der Waals surface area contributed by atoms with Crippen LogP contribution in [-0.2, 0) is 6.42 Å². The molecule has 0 aliphatic heterocycles. The highest BCUT2D eigenvalue weighted by atomic mass is 15.2. The molecule has 0 amide bonds. The molecule has 0 aliphatic rings. The molecule has 0 saturated carbocycles. The van der Waals surface area contributed by atoms with E-state index in [0.717, 1.165) is 41.5 Å². The Morgan fingerprint density at radius 3 is 2.68 bits per heavy atom. The molecular formula is C22H24N6. The Bertz CT molecular complexity index is 1060. The molecule has 142 valence electrons. The summed E-state index contributed by atoms with van der Waals surface area (Å²) in [7, 11) is 0. The number of nitrogens with zero attached hydrogens (tertiary/aromatic N) is 4. The third-order valence-electron chi connectivity index (χ3n) is 4.48. The fourth-order valence-electron chi connectivity index (χ4n) is 3.06. The van der Waals surface area contributed by atoms with Crippen LogP contribution >= 0.6 is 0 Å². The quantitative estimate of drug-likeness (QED) is 0.499. The van der Waals surface area contributed by atoms with Crippen LogP contribution in [0, 0.1) is 5.92 Å². The molecule has 6 nitrogen and oxygen atoms in total. The van der Waals surface area contributed by atoms with Crippen LogP contribution in [0.2, 0.25) is 0 Å². The van der Waals surface area contributed by atoms with Gasteiger partial charge in [-0.3, -0.25) is 0 Å². The van der Waals surface area contributed by atoms with Gasteiger partial charge in [0.25, 0.3) is 0 Å². The van der Waals surface area contributed by atoms with E-state index in [0.29, 0.717) is 5.92 Å². The average Bonchev–Trinajstić information content (AvgIpc) is 3.17. The van der Waals surface area contributed by atoms with Gasteiger partial charge in [-0.2, -0.15) is 5.10 Å². The second-order valence-electron chi connectivity index (χ2n) is 7.19. The van der Waals surface area contributed by atoms with Crippen LogP contribution in [0.25, 0.3) is 5.65 Å². The van der Waals surface area contributed by atoms with E-state index in [-0.39, 0.29) is 0 Å². The molecule has 0 saturated heterocycles. The Hall–Kier alpha value is -3.41. The third-order valence-corrected chi connectivity index (χ3v) is 4.48. The molecule has 3 heterocycles. The van der Waals surface area contributed by atoms with Crippen molar-refractivity contribution < 1.29 is 0 Å². The summed E-state index contributed by atoms with van der Waals surface area (Å²) in [4.78, 5) is 9.24. The van der Waals surface area contributed by atoms with Crippen molar-refractivity contribution in [3.63, 3.8) is 0 Å². The number of rotatable bonds is 7. The maximum Gasteiger partial charge on any atom is 0.157 e. The van der Waals surface area contributed by atoms with Crippen LogP contribution in [0.5, 0.6) is 0 Å². The zero-order valence-electron chi connectivity index (χ0n) is 16.1. The van der Waals surface area contributed by atoms with Gasteiger partial charge in [-0.25, -0.2) is 14.5 Å². The highest BCUT2D eigenvalue weighted by Crippen LogP contribution is 2.28. The second-order valence-corrected chi connectivity index (χ2v) is 7.19. The summed E-state index contributed by atoms with van der Waals surface area (Å²) < 4.78 is 1.75. The van der Waals surface area contributed by atoms with Gasteiger partial charge >= 0.3 is 0 Å². The number of hydrogen-bond acceptors (Lipinski definition) is 5. The number of hydrogen-bond donors (Lipinski definition) is 2. The van der Waals surface area contributed by atoms with Crippen LogP contribution in [0.4, 0.5) is 17.3 Å². The molecule has 1 aromatic carbocycles. The molecule has 4 aromatic rings. The zero-order chi connectivity index (χ0) is 19.3. The number of benzene rings is 1. The summed E-state index contributed by atoms with van der Waals surface area (Å²) in [6.07, 6.45) is 6.26. The van der Waals surface area contributed by atoms with Crippen LogP contribution < -0.4 is 10.6 Å². The lowest BCUT2D eigenvalue weighted by atomic mass is 10.0. The molecule has 0 fully saturated rings. The third kappa shape index (κ3) is 4.11. The van der Waals surface area contributed by atoms with Gasteiger partial charge in [0.1, 0.15) is 11.6 Å². The van der Waals surface area contributed by atoms with Crippen molar-refractivity contribution >= 4 is 23.0 Å². The van der Waals surface area contributed by atoms with Gasteiger partial charge in [0.05, 0.1) is 6.20 Å². The van der Waals surface area contributed by atoms with E-state index in [4.69, 9.17) is 0 Å². The number of anilines is 3. The first-order chi connectivity index (χ1) is 13.7. The van der Waals surface area contributed by atoms with Gasteiger partial charge in [-0.1, -0.05) is 44.2 Å². The Kier molecular flexibility index (Phi) is 5.19. The molecule has 0 spiro atoms. The van der Waals surface area contributed by atoms with Crippen molar-refractivity contribution in [1.82, 2.24) is 19.6 Å². The van der Waals surface area contributed by atoms with Gasteiger partial charge < -0.3 is 10.6 Å². The summed E-state index contributed by atoms with van der Waals surface area (Å²) in [5, 5.41) is 11.2. The van der Waals surface area contributed by atoms with Crippen LogP contribution in [0.1, 0.15) is 25.0 Å². The molecular weight excluding hydrogens is 348 g/mol. The zero-order valence-corrected chi connectivity index (χ0v) is 16.1. The highest BCUT2D eigenvalue weighted by Gasteiger charge is 2.12. The van der Waals surface area contributed by atoms with E-state index in [1.54, 1.807) is 10.7 Å². The average molecular weight is 372 g/mol. The van der Waals surface area contributed by atoms with Crippen LogP contribution in [-0.4, -0.2) is 26.1 Å². The van der Waals surface area contributed by atoms with E-state index in [1.807, 2.05) is 36.7 Å². The van der Waals surface area contributed by atoms with Crippen molar-refractivity contribution in [2.75, 3.05) is 17.2 Å². The first kappa shape index (κ1) is 18.0. The van der Waals surface area contributed by atoms with Crippen molar-refractivity contribution in [2.24, 2.45) is 5.92 Å². The lowest BCUT2D eigenvalue weighted by Gasteiger charge is -2.17. The van der Waals surface area contributed by atoms with Gasteiger partial charge in [-0.15, -0.1) is 0 Å². The number of aromatic nitrogens is 4. The summed E-state index contributed by atoms with van der Waals surface area (Å²) >= 11 is 0.